The first-order valence-electron chi connectivity index (χ1n) is 6.12. The van der Waals surface area contributed by atoms with Crippen molar-refractivity contribution in [1.29, 1.82) is 0 Å². The molecular formula is C11H15ClN4S. The molecule has 92 valence electrons. The highest BCUT2D eigenvalue weighted by atomic mass is 35.5. The molecule has 2 aromatic heterocycles. The van der Waals surface area contributed by atoms with E-state index in [1.807, 2.05) is 11.4 Å². The SMILES string of the molecule is CC(Cl)c1nn2c(C3CCCCC3)nnc2s1. The third kappa shape index (κ3) is 2.06. The molecule has 1 unspecified atom stereocenters. The zero-order valence-corrected chi connectivity index (χ0v) is 11.3. The fourth-order valence-corrected chi connectivity index (χ4v) is 3.37. The van der Waals surface area contributed by atoms with E-state index in [4.69, 9.17) is 11.6 Å². The first kappa shape index (κ1) is 11.4. The minimum Gasteiger partial charge on any atom is -0.187 e. The lowest BCUT2D eigenvalue weighted by Crippen LogP contribution is -2.09. The first-order chi connectivity index (χ1) is 8.25. The summed E-state index contributed by atoms with van der Waals surface area (Å²) in [5.74, 6) is 1.55. The van der Waals surface area contributed by atoms with Crippen molar-refractivity contribution in [2.75, 3.05) is 0 Å². The predicted molar refractivity (Wildman–Crippen MR) is 68.8 cm³/mol. The van der Waals surface area contributed by atoms with Crippen molar-refractivity contribution in [2.45, 2.75) is 50.3 Å². The van der Waals surface area contributed by atoms with Crippen LogP contribution in [-0.2, 0) is 0 Å². The number of rotatable bonds is 2. The van der Waals surface area contributed by atoms with Gasteiger partial charge in [-0.15, -0.1) is 21.8 Å². The number of fused-ring (bicyclic) bond motifs is 1. The second kappa shape index (κ2) is 4.53. The Labute approximate surface area is 109 Å². The van der Waals surface area contributed by atoms with Gasteiger partial charge in [-0.2, -0.15) is 9.61 Å². The van der Waals surface area contributed by atoms with Gasteiger partial charge in [-0.3, -0.25) is 0 Å². The molecule has 0 aromatic carbocycles. The van der Waals surface area contributed by atoms with E-state index in [1.165, 1.54) is 43.4 Å². The van der Waals surface area contributed by atoms with Gasteiger partial charge in [0.25, 0.3) is 0 Å². The Bertz CT molecular complexity index is 512. The van der Waals surface area contributed by atoms with E-state index >= 15 is 0 Å². The first-order valence-corrected chi connectivity index (χ1v) is 7.37. The largest absolute Gasteiger partial charge is 0.234 e. The molecule has 4 nitrogen and oxygen atoms in total. The summed E-state index contributed by atoms with van der Waals surface area (Å²) in [6, 6.07) is 0. The number of aromatic nitrogens is 4. The lowest BCUT2D eigenvalue weighted by Gasteiger charge is -2.18. The van der Waals surface area contributed by atoms with E-state index in [0.29, 0.717) is 5.92 Å². The van der Waals surface area contributed by atoms with E-state index < -0.39 is 0 Å². The summed E-state index contributed by atoms with van der Waals surface area (Å²) in [7, 11) is 0. The number of hydrogen-bond acceptors (Lipinski definition) is 4. The van der Waals surface area contributed by atoms with Gasteiger partial charge in [0.05, 0.1) is 5.38 Å². The van der Waals surface area contributed by atoms with Crippen LogP contribution in [-0.4, -0.2) is 19.8 Å². The van der Waals surface area contributed by atoms with Crippen LogP contribution in [0.1, 0.15) is 61.2 Å². The van der Waals surface area contributed by atoms with Gasteiger partial charge in [0.2, 0.25) is 4.96 Å². The molecule has 0 aliphatic heterocycles. The fraction of sp³-hybridized carbons (Fsp3) is 0.727. The van der Waals surface area contributed by atoms with Crippen molar-refractivity contribution in [2.24, 2.45) is 0 Å². The number of nitrogens with zero attached hydrogens (tertiary/aromatic N) is 4. The summed E-state index contributed by atoms with van der Waals surface area (Å²) in [5.41, 5.74) is 0. The Hall–Kier alpha value is -0.680. The Morgan fingerprint density at radius 1 is 1.29 bits per heavy atom. The van der Waals surface area contributed by atoms with Crippen LogP contribution in [0.5, 0.6) is 0 Å². The molecule has 0 bridgehead atoms. The molecule has 3 rings (SSSR count). The second-order valence-corrected chi connectivity index (χ2v) is 6.29. The summed E-state index contributed by atoms with van der Waals surface area (Å²) in [4.78, 5) is 0.869. The quantitative estimate of drug-likeness (QED) is 0.784. The molecule has 2 heterocycles. The highest BCUT2D eigenvalue weighted by molar-refractivity contribution is 7.16. The van der Waals surface area contributed by atoms with Gasteiger partial charge in [-0.05, 0) is 19.8 Å². The van der Waals surface area contributed by atoms with E-state index in [0.717, 1.165) is 15.8 Å². The van der Waals surface area contributed by atoms with Crippen molar-refractivity contribution in [3.8, 4) is 0 Å². The normalized spacial score (nSPS) is 19.9. The third-order valence-corrected chi connectivity index (χ3v) is 4.76. The minimum atomic E-state index is -0.0547. The molecule has 6 heteroatoms. The molecule has 0 saturated heterocycles. The number of halogens is 1. The maximum atomic E-state index is 6.06. The minimum absolute atomic E-state index is 0.0547. The zero-order chi connectivity index (χ0) is 11.8. The second-order valence-electron chi connectivity index (χ2n) is 4.64. The maximum Gasteiger partial charge on any atom is 0.234 e. The predicted octanol–water partition coefficient (Wildman–Crippen LogP) is 3.53. The van der Waals surface area contributed by atoms with Crippen LogP contribution in [0.2, 0.25) is 0 Å². The molecular weight excluding hydrogens is 256 g/mol. The smallest absolute Gasteiger partial charge is 0.187 e. The van der Waals surface area contributed by atoms with Crippen LogP contribution >= 0.6 is 22.9 Å². The van der Waals surface area contributed by atoms with E-state index in [-0.39, 0.29) is 5.38 Å². The topological polar surface area (TPSA) is 43.1 Å². The summed E-state index contributed by atoms with van der Waals surface area (Å²) >= 11 is 7.59. The molecule has 1 fully saturated rings. The molecule has 1 aliphatic carbocycles. The Kier molecular flexibility index (Phi) is 3.04. The van der Waals surface area contributed by atoms with Gasteiger partial charge in [0.15, 0.2) is 5.82 Å². The van der Waals surface area contributed by atoms with Gasteiger partial charge >= 0.3 is 0 Å². The maximum absolute atomic E-state index is 6.06. The zero-order valence-electron chi connectivity index (χ0n) is 9.77. The summed E-state index contributed by atoms with van der Waals surface area (Å²) in [6.07, 6.45) is 6.36. The summed E-state index contributed by atoms with van der Waals surface area (Å²) in [6.45, 7) is 1.94. The highest BCUT2D eigenvalue weighted by Crippen LogP contribution is 2.33. The van der Waals surface area contributed by atoms with Crippen molar-refractivity contribution in [3.05, 3.63) is 10.8 Å². The molecule has 0 N–H and O–H groups in total. The summed E-state index contributed by atoms with van der Waals surface area (Å²) < 4.78 is 1.90. The Morgan fingerprint density at radius 3 is 2.76 bits per heavy atom. The van der Waals surface area contributed by atoms with Crippen LogP contribution < -0.4 is 0 Å². The molecule has 1 aliphatic rings. The monoisotopic (exact) mass is 270 g/mol. The Balaban J connectivity index is 1.98. The summed E-state index contributed by atoms with van der Waals surface area (Å²) in [5, 5.41) is 13.9. The van der Waals surface area contributed by atoms with Crippen LogP contribution in [0.4, 0.5) is 0 Å². The average molecular weight is 271 g/mol. The molecule has 0 radical (unpaired) electrons. The van der Waals surface area contributed by atoms with E-state index in [2.05, 4.69) is 15.3 Å². The highest BCUT2D eigenvalue weighted by Gasteiger charge is 2.23. The standard InChI is InChI=1S/C11H15ClN4S/c1-7(12)10-15-16-9(13-14-11(16)17-10)8-5-3-2-4-6-8/h7-8H,2-6H2,1H3. The van der Waals surface area contributed by atoms with Gasteiger partial charge in [0, 0.05) is 5.92 Å². The van der Waals surface area contributed by atoms with Crippen molar-refractivity contribution in [1.82, 2.24) is 19.8 Å². The van der Waals surface area contributed by atoms with Crippen LogP contribution in [0.15, 0.2) is 0 Å². The lowest BCUT2D eigenvalue weighted by molar-refractivity contribution is 0.423. The number of hydrogen-bond donors (Lipinski definition) is 0. The van der Waals surface area contributed by atoms with Crippen molar-refractivity contribution in [3.63, 3.8) is 0 Å². The molecule has 17 heavy (non-hydrogen) atoms. The third-order valence-electron chi connectivity index (χ3n) is 3.34. The van der Waals surface area contributed by atoms with Gasteiger partial charge < -0.3 is 0 Å². The van der Waals surface area contributed by atoms with Crippen LogP contribution in [0, 0.1) is 0 Å². The molecule has 1 saturated carbocycles. The lowest BCUT2D eigenvalue weighted by atomic mass is 9.89. The van der Waals surface area contributed by atoms with E-state index in [9.17, 15) is 0 Å². The fourth-order valence-electron chi connectivity index (χ4n) is 2.42. The Morgan fingerprint density at radius 2 is 2.06 bits per heavy atom. The molecule has 2 aromatic rings. The van der Waals surface area contributed by atoms with Gasteiger partial charge in [-0.1, -0.05) is 30.6 Å². The van der Waals surface area contributed by atoms with Gasteiger partial charge in [0.1, 0.15) is 5.01 Å². The molecule has 0 amide bonds. The number of alkyl halides is 1. The average Bonchev–Trinajstić information content (AvgIpc) is 2.89. The molecule has 1 atom stereocenters. The molecule has 0 spiro atoms. The van der Waals surface area contributed by atoms with E-state index in [1.54, 1.807) is 0 Å². The van der Waals surface area contributed by atoms with Crippen molar-refractivity contribution >= 4 is 27.9 Å². The van der Waals surface area contributed by atoms with Gasteiger partial charge in [-0.25, -0.2) is 0 Å². The van der Waals surface area contributed by atoms with Crippen molar-refractivity contribution < 1.29 is 0 Å². The van der Waals surface area contributed by atoms with Crippen LogP contribution in [0.3, 0.4) is 0 Å². The van der Waals surface area contributed by atoms with Crippen LogP contribution in [0.25, 0.3) is 4.96 Å².